The number of hydrogen-bond donors (Lipinski definition) is 3. The average molecular weight is 191 g/mol. The van der Waals surface area contributed by atoms with Gasteiger partial charge in [-0.15, -0.1) is 0 Å². The van der Waals surface area contributed by atoms with Gasteiger partial charge in [0.05, 0.1) is 5.54 Å². The molecule has 0 aromatic heterocycles. The Hall–Kier alpha value is -0.550. The average Bonchev–Trinajstić information content (AvgIpc) is 2.00. The Balaban J connectivity index is 4.20. The fourth-order valence-electron chi connectivity index (χ4n) is 0.669. The van der Waals surface area contributed by atoms with Gasteiger partial charge in [-0.3, -0.25) is 10.1 Å². The summed E-state index contributed by atoms with van der Waals surface area (Å²) >= 11 is 3.85. The van der Waals surface area contributed by atoms with Gasteiger partial charge in [-0.1, -0.05) is 0 Å². The number of carbonyl (C=O) groups excluding carboxylic acids is 1. The predicted octanol–water partition coefficient (Wildman–Crippen LogP) is -0.0635. The summed E-state index contributed by atoms with van der Waals surface area (Å²) in [6, 6.07) is -0.784. The van der Waals surface area contributed by atoms with Crippen LogP contribution in [0.2, 0.25) is 0 Å². The molecule has 4 nitrogen and oxygen atoms in total. The summed E-state index contributed by atoms with van der Waals surface area (Å²) < 4.78 is 0. The van der Waals surface area contributed by atoms with Crippen LogP contribution in [0.3, 0.4) is 0 Å². The Morgan fingerprint density at radius 3 is 2.50 bits per heavy atom. The molecule has 0 aliphatic carbocycles. The van der Waals surface area contributed by atoms with Gasteiger partial charge < -0.3 is 9.90 Å². The normalized spacial score (nSPS) is 13.9. The molecule has 1 unspecified atom stereocenters. The van der Waals surface area contributed by atoms with Gasteiger partial charge >= 0.3 is 5.97 Å². The quantitative estimate of drug-likeness (QED) is 0.420. The molecule has 0 saturated heterocycles. The highest BCUT2D eigenvalue weighted by atomic mass is 32.1. The number of carboxylic acids is 1. The van der Waals surface area contributed by atoms with Crippen molar-refractivity contribution in [3.8, 4) is 0 Å². The highest BCUT2D eigenvalue weighted by molar-refractivity contribution is 7.80. The second-order valence-corrected chi connectivity index (χ2v) is 3.42. The van der Waals surface area contributed by atoms with Crippen molar-refractivity contribution < 1.29 is 14.7 Å². The van der Waals surface area contributed by atoms with Crippen molar-refractivity contribution in [1.82, 2.24) is 5.32 Å². The molecule has 0 aliphatic rings. The molecule has 0 aliphatic heterocycles. The van der Waals surface area contributed by atoms with Crippen LogP contribution in [0.1, 0.15) is 13.8 Å². The molecule has 0 heterocycles. The van der Waals surface area contributed by atoms with Gasteiger partial charge in [0.25, 0.3) is 0 Å². The standard InChI is InChI=1S/C7H13NO3S/c1-7(2,4-9)8-5(3-12)6(10)11/h4-5,8,12H,3H2,1-2H3,(H,10,11). The monoisotopic (exact) mass is 191 g/mol. The van der Waals surface area contributed by atoms with E-state index in [1.807, 2.05) is 0 Å². The highest BCUT2D eigenvalue weighted by Crippen LogP contribution is 2.00. The van der Waals surface area contributed by atoms with E-state index < -0.39 is 17.6 Å². The summed E-state index contributed by atoms with van der Waals surface area (Å²) in [4.78, 5) is 20.9. The van der Waals surface area contributed by atoms with Gasteiger partial charge in [-0.25, -0.2) is 0 Å². The van der Waals surface area contributed by atoms with Crippen molar-refractivity contribution in [3.05, 3.63) is 0 Å². The topological polar surface area (TPSA) is 66.4 Å². The Morgan fingerprint density at radius 2 is 2.25 bits per heavy atom. The number of rotatable bonds is 5. The van der Waals surface area contributed by atoms with Crippen molar-refractivity contribution >= 4 is 24.9 Å². The third-order valence-corrected chi connectivity index (χ3v) is 1.69. The lowest BCUT2D eigenvalue weighted by atomic mass is 10.1. The molecule has 70 valence electrons. The third-order valence-electron chi connectivity index (χ3n) is 1.32. The smallest absolute Gasteiger partial charge is 0.321 e. The number of aldehydes is 1. The summed E-state index contributed by atoms with van der Waals surface area (Å²) in [6.45, 7) is 3.22. The molecule has 0 saturated carbocycles. The summed E-state index contributed by atoms with van der Waals surface area (Å²) in [7, 11) is 0. The van der Waals surface area contributed by atoms with E-state index in [-0.39, 0.29) is 5.75 Å². The van der Waals surface area contributed by atoms with E-state index in [9.17, 15) is 9.59 Å². The molecule has 2 N–H and O–H groups in total. The first-order valence-electron chi connectivity index (χ1n) is 3.50. The summed E-state index contributed by atoms with van der Waals surface area (Å²) in [5, 5.41) is 11.3. The molecule has 0 fully saturated rings. The molecule has 0 spiro atoms. The van der Waals surface area contributed by atoms with E-state index >= 15 is 0 Å². The molecule has 12 heavy (non-hydrogen) atoms. The molecular weight excluding hydrogens is 178 g/mol. The minimum Gasteiger partial charge on any atom is -0.480 e. The zero-order valence-electron chi connectivity index (χ0n) is 7.07. The number of carboxylic acid groups (broad SMARTS) is 1. The number of hydrogen-bond acceptors (Lipinski definition) is 4. The van der Waals surface area contributed by atoms with Gasteiger partial charge in [0.1, 0.15) is 12.3 Å². The second-order valence-electron chi connectivity index (χ2n) is 3.06. The molecule has 0 aromatic rings. The third kappa shape index (κ3) is 3.73. The van der Waals surface area contributed by atoms with Crippen LogP contribution in [0.5, 0.6) is 0 Å². The van der Waals surface area contributed by atoms with E-state index in [0.29, 0.717) is 6.29 Å². The molecule has 0 bridgehead atoms. The number of carbonyl (C=O) groups is 2. The lowest BCUT2D eigenvalue weighted by Gasteiger charge is -2.23. The van der Waals surface area contributed by atoms with E-state index in [1.54, 1.807) is 13.8 Å². The van der Waals surface area contributed by atoms with Crippen molar-refractivity contribution in [3.63, 3.8) is 0 Å². The molecule has 0 radical (unpaired) electrons. The van der Waals surface area contributed by atoms with Gasteiger partial charge in [0.2, 0.25) is 0 Å². The van der Waals surface area contributed by atoms with E-state index in [2.05, 4.69) is 17.9 Å². The maximum atomic E-state index is 10.5. The highest BCUT2D eigenvalue weighted by Gasteiger charge is 2.24. The van der Waals surface area contributed by atoms with Crippen molar-refractivity contribution in [2.45, 2.75) is 25.4 Å². The Bertz CT molecular complexity index is 181. The maximum absolute atomic E-state index is 10.5. The number of aliphatic carboxylic acids is 1. The minimum atomic E-state index is -1.00. The lowest BCUT2D eigenvalue weighted by Crippen LogP contribution is -2.51. The van der Waals surface area contributed by atoms with Crippen molar-refractivity contribution in [2.75, 3.05) is 5.75 Å². The van der Waals surface area contributed by atoms with Gasteiger partial charge in [-0.2, -0.15) is 12.6 Å². The number of thiol groups is 1. The lowest BCUT2D eigenvalue weighted by molar-refractivity contribution is -0.139. The fourth-order valence-corrected chi connectivity index (χ4v) is 0.916. The Labute approximate surface area is 76.8 Å². The van der Waals surface area contributed by atoms with Gasteiger partial charge in [0, 0.05) is 5.75 Å². The van der Waals surface area contributed by atoms with Gasteiger partial charge in [-0.05, 0) is 13.8 Å². The largest absolute Gasteiger partial charge is 0.480 e. The van der Waals surface area contributed by atoms with Crippen molar-refractivity contribution in [2.24, 2.45) is 0 Å². The van der Waals surface area contributed by atoms with E-state index in [0.717, 1.165) is 0 Å². The van der Waals surface area contributed by atoms with E-state index in [1.165, 1.54) is 0 Å². The first kappa shape index (κ1) is 11.4. The molecule has 0 aromatic carbocycles. The first-order valence-corrected chi connectivity index (χ1v) is 4.14. The van der Waals surface area contributed by atoms with E-state index in [4.69, 9.17) is 5.11 Å². The van der Waals surface area contributed by atoms with Gasteiger partial charge in [0.15, 0.2) is 0 Å². The maximum Gasteiger partial charge on any atom is 0.321 e. The molecular formula is C7H13NO3S. The van der Waals surface area contributed by atoms with Crippen LogP contribution >= 0.6 is 12.6 Å². The number of nitrogens with one attached hydrogen (secondary N) is 1. The molecule has 0 amide bonds. The second kappa shape index (κ2) is 4.47. The van der Waals surface area contributed by atoms with Crippen molar-refractivity contribution in [1.29, 1.82) is 0 Å². The van der Waals surface area contributed by atoms with Crippen LogP contribution in [-0.2, 0) is 9.59 Å². The molecule has 1 atom stereocenters. The zero-order chi connectivity index (χ0) is 9.78. The minimum absolute atomic E-state index is 0.159. The van der Waals surface area contributed by atoms with Crippen LogP contribution < -0.4 is 5.32 Å². The summed E-state index contributed by atoms with van der Waals surface area (Å²) in [6.07, 6.45) is 0.673. The summed E-state index contributed by atoms with van der Waals surface area (Å²) in [5.74, 6) is -0.841. The zero-order valence-corrected chi connectivity index (χ0v) is 7.97. The Kier molecular flexibility index (Phi) is 4.26. The first-order chi connectivity index (χ1) is 5.43. The SMILES string of the molecule is CC(C)(C=O)NC(CS)C(=O)O. The van der Waals surface area contributed by atoms with Crippen LogP contribution in [0.25, 0.3) is 0 Å². The van der Waals surface area contributed by atoms with Crippen LogP contribution in [0, 0.1) is 0 Å². The molecule has 5 heteroatoms. The Morgan fingerprint density at radius 1 is 1.75 bits per heavy atom. The van der Waals surface area contributed by atoms with Crippen LogP contribution in [0.15, 0.2) is 0 Å². The predicted molar refractivity (Wildman–Crippen MR) is 48.6 cm³/mol. The fraction of sp³-hybridized carbons (Fsp3) is 0.714. The molecule has 0 rings (SSSR count). The summed E-state index contributed by atoms with van der Waals surface area (Å²) in [5.41, 5.74) is -0.814. The van der Waals surface area contributed by atoms with Crippen LogP contribution in [0.4, 0.5) is 0 Å². The van der Waals surface area contributed by atoms with Crippen LogP contribution in [-0.4, -0.2) is 34.7 Å².